The molecule has 0 radical (unpaired) electrons. The molecule has 0 amide bonds. The van der Waals surface area contributed by atoms with Crippen molar-refractivity contribution in [3.8, 4) is 11.1 Å². The molecule has 2 aromatic heterocycles. The second-order valence-corrected chi connectivity index (χ2v) is 6.16. The third-order valence-corrected chi connectivity index (χ3v) is 4.37. The summed E-state index contributed by atoms with van der Waals surface area (Å²) in [7, 11) is 1.92. The summed E-state index contributed by atoms with van der Waals surface area (Å²) in [5, 5.41) is 14.8. The fraction of sp³-hybridized carbons (Fsp3) is 0.158. The van der Waals surface area contributed by atoms with Crippen molar-refractivity contribution < 1.29 is 4.42 Å². The number of fused-ring (bicyclic) bond motifs is 1. The van der Waals surface area contributed by atoms with Gasteiger partial charge in [0, 0.05) is 35.8 Å². The second kappa shape index (κ2) is 6.44. The SMILES string of the molecule is Cc1ccccc1-c1cc(=O)oc2cc(N(C)Cc3nn[nH]n3)ccc12. The summed E-state index contributed by atoms with van der Waals surface area (Å²) < 4.78 is 5.46. The van der Waals surface area contributed by atoms with E-state index in [-0.39, 0.29) is 5.63 Å². The number of anilines is 1. The number of hydrogen-bond donors (Lipinski definition) is 1. The number of nitrogens with one attached hydrogen (secondary N) is 1. The highest BCUT2D eigenvalue weighted by Crippen LogP contribution is 2.31. The molecule has 0 aliphatic heterocycles. The van der Waals surface area contributed by atoms with Gasteiger partial charge >= 0.3 is 5.63 Å². The van der Waals surface area contributed by atoms with E-state index in [1.165, 1.54) is 0 Å². The van der Waals surface area contributed by atoms with Crippen LogP contribution >= 0.6 is 0 Å². The first kappa shape index (κ1) is 16.0. The van der Waals surface area contributed by atoms with E-state index in [2.05, 4.69) is 20.6 Å². The van der Waals surface area contributed by atoms with Crippen LogP contribution in [-0.4, -0.2) is 27.7 Å². The molecule has 0 saturated carbocycles. The number of hydrogen-bond acceptors (Lipinski definition) is 6. The molecule has 0 aliphatic rings. The molecule has 0 saturated heterocycles. The van der Waals surface area contributed by atoms with Gasteiger partial charge in [-0.15, -0.1) is 10.2 Å². The van der Waals surface area contributed by atoms with Crippen LogP contribution in [-0.2, 0) is 6.54 Å². The highest BCUT2D eigenvalue weighted by molar-refractivity contribution is 5.95. The summed E-state index contributed by atoms with van der Waals surface area (Å²) in [4.78, 5) is 14.1. The van der Waals surface area contributed by atoms with Gasteiger partial charge in [0.25, 0.3) is 0 Å². The fourth-order valence-electron chi connectivity index (χ4n) is 3.04. The van der Waals surface area contributed by atoms with Crippen molar-refractivity contribution in [3.05, 3.63) is 70.3 Å². The summed E-state index contributed by atoms with van der Waals surface area (Å²) in [5.41, 5.74) is 4.09. The molecule has 0 unspecified atom stereocenters. The molecule has 26 heavy (non-hydrogen) atoms. The minimum atomic E-state index is -0.367. The molecule has 0 aliphatic carbocycles. The molecular formula is C19H17N5O2. The molecular weight excluding hydrogens is 330 g/mol. The van der Waals surface area contributed by atoms with Crippen molar-refractivity contribution in [1.82, 2.24) is 20.6 Å². The zero-order valence-electron chi connectivity index (χ0n) is 14.4. The van der Waals surface area contributed by atoms with Gasteiger partial charge in [-0.05, 0) is 30.2 Å². The van der Waals surface area contributed by atoms with Crippen LogP contribution in [0.15, 0.2) is 57.7 Å². The smallest absolute Gasteiger partial charge is 0.336 e. The van der Waals surface area contributed by atoms with Crippen LogP contribution in [0.2, 0.25) is 0 Å². The van der Waals surface area contributed by atoms with Crippen molar-refractivity contribution in [2.45, 2.75) is 13.5 Å². The Morgan fingerprint density at radius 3 is 2.73 bits per heavy atom. The van der Waals surface area contributed by atoms with Gasteiger partial charge in [-0.2, -0.15) is 5.21 Å². The lowest BCUT2D eigenvalue weighted by Crippen LogP contribution is -2.17. The van der Waals surface area contributed by atoms with Gasteiger partial charge in [-0.25, -0.2) is 4.79 Å². The van der Waals surface area contributed by atoms with Crippen molar-refractivity contribution >= 4 is 16.7 Å². The van der Waals surface area contributed by atoms with Crippen LogP contribution in [0.25, 0.3) is 22.1 Å². The molecule has 0 spiro atoms. The van der Waals surface area contributed by atoms with Crippen molar-refractivity contribution in [2.75, 3.05) is 11.9 Å². The van der Waals surface area contributed by atoms with Crippen LogP contribution in [0.5, 0.6) is 0 Å². The minimum Gasteiger partial charge on any atom is -0.423 e. The zero-order chi connectivity index (χ0) is 18.1. The average molecular weight is 347 g/mol. The number of nitrogens with zero attached hydrogens (tertiary/aromatic N) is 4. The van der Waals surface area contributed by atoms with E-state index in [4.69, 9.17) is 4.42 Å². The topological polar surface area (TPSA) is 87.9 Å². The predicted octanol–water partition coefficient (Wildman–Crippen LogP) is 2.92. The molecule has 2 aromatic carbocycles. The van der Waals surface area contributed by atoms with Crippen LogP contribution < -0.4 is 10.5 Å². The molecule has 4 rings (SSSR count). The van der Waals surface area contributed by atoms with E-state index in [1.807, 2.05) is 61.3 Å². The summed E-state index contributed by atoms with van der Waals surface area (Å²) in [6.45, 7) is 2.52. The number of rotatable bonds is 4. The average Bonchev–Trinajstić information content (AvgIpc) is 3.14. The second-order valence-electron chi connectivity index (χ2n) is 6.16. The van der Waals surface area contributed by atoms with Crippen molar-refractivity contribution in [3.63, 3.8) is 0 Å². The van der Waals surface area contributed by atoms with E-state index >= 15 is 0 Å². The quantitative estimate of drug-likeness (QED) is 0.571. The molecule has 7 nitrogen and oxygen atoms in total. The monoisotopic (exact) mass is 347 g/mol. The van der Waals surface area contributed by atoms with E-state index in [0.29, 0.717) is 18.0 Å². The first-order valence-electron chi connectivity index (χ1n) is 8.19. The first-order valence-corrected chi connectivity index (χ1v) is 8.19. The number of tetrazole rings is 1. The molecule has 1 N–H and O–H groups in total. The largest absolute Gasteiger partial charge is 0.423 e. The number of aromatic amines is 1. The highest BCUT2D eigenvalue weighted by atomic mass is 16.4. The van der Waals surface area contributed by atoms with E-state index in [1.54, 1.807) is 6.07 Å². The van der Waals surface area contributed by atoms with Gasteiger partial charge in [0.05, 0.1) is 6.54 Å². The fourth-order valence-corrected chi connectivity index (χ4v) is 3.04. The number of aryl methyl sites for hydroxylation is 1. The van der Waals surface area contributed by atoms with Gasteiger partial charge in [0.15, 0.2) is 5.82 Å². The Morgan fingerprint density at radius 2 is 1.96 bits per heavy atom. The molecule has 0 atom stereocenters. The number of aromatic nitrogens is 4. The van der Waals surface area contributed by atoms with E-state index in [9.17, 15) is 4.79 Å². The van der Waals surface area contributed by atoms with Crippen LogP contribution in [0.1, 0.15) is 11.4 Å². The lowest BCUT2D eigenvalue weighted by Gasteiger charge is -2.18. The third kappa shape index (κ3) is 2.95. The van der Waals surface area contributed by atoms with E-state index < -0.39 is 0 Å². The Kier molecular flexibility index (Phi) is 3.96. The molecule has 0 bridgehead atoms. The van der Waals surface area contributed by atoms with Crippen LogP contribution in [0.3, 0.4) is 0 Å². The molecule has 130 valence electrons. The normalized spacial score (nSPS) is 11.0. The van der Waals surface area contributed by atoms with Gasteiger partial charge in [0.2, 0.25) is 0 Å². The Bertz CT molecular complexity index is 1120. The minimum absolute atomic E-state index is 0.367. The maximum atomic E-state index is 12.1. The van der Waals surface area contributed by atoms with E-state index in [0.717, 1.165) is 27.8 Å². The van der Waals surface area contributed by atoms with Gasteiger partial charge in [0.1, 0.15) is 5.58 Å². The van der Waals surface area contributed by atoms with Gasteiger partial charge in [-0.1, -0.05) is 29.5 Å². The van der Waals surface area contributed by atoms with Crippen LogP contribution in [0.4, 0.5) is 5.69 Å². The predicted molar refractivity (Wildman–Crippen MR) is 98.9 cm³/mol. The number of benzene rings is 2. The Morgan fingerprint density at radius 1 is 1.12 bits per heavy atom. The Hall–Kier alpha value is -3.48. The lowest BCUT2D eigenvalue weighted by molar-refractivity contribution is 0.561. The Balaban J connectivity index is 1.80. The third-order valence-electron chi connectivity index (χ3n) is 4.37. The summed E-state index contributed by atoms with van der Waals surface area (Å²) in [6, 6.07) is 15.4. The Labute approximate surface area is 149 Å². The van der Waals surface area contributed by atoms with Gasteiger partial charge < -0.3 is 9.32 Å². The maximum Gasteiger partial charge on any atom is 0.336 e. The van der Waals surface area contributed by atoms with Crippen molar-refractivity contribution in [1.29, 1.82) is 0 Å². The lowest BCUT2D eigenvalue weighted by atomic mass is 9.98. The molecule has 4 aromatic rings. The summed E-state index contributed by atoms with van der Waals surface area (Å²) in [6.07, 6.45) is 0. The van der Waals surface area contributed by atoms with Crippen LogP contribution in [0, 0.1) is 6.92 Å². The summed E-state index contributed by atoms with van der Waals surface area (Å²) in [5.74, 6) is 0.586. The molecule has 0 fully saturated rings. The van der Waals surface area contributed by atoms with Gasteiger partial charge in [-0.3, -0.25) is 0 Å². The standard InChI is InChI=1S/C19H17N5O2/c1-12-5-3-4-6-14(12)16-10-19(25)26-17-9-13(7-8-15(16)17)24(2)11-18-20-22-23-21-18/h3-10H,11H2,1-2H3,(H,20,21,22,23). The zero-order valence-corrected chi connectivity index (χ0v) is 14.4. The number of H-pyrrole nitrogens is 1. The molecule has 7 heteroatoms. The summed E-state index contributed by atoms with van der Waals surface area (Å²) >= 11 is 0. The maximum absolute atomic E-state index is 12.1. The first-order chi connectivity index (χ1) is 12.6. The molecule has 2 heterocycles. The van der Waals surface area contributed by atoms with Crippen molar-refractivity contribution in [2.24, 2.45) is 0 Å². The highest BCUT2D eigenvalue weighted by Gasteiger charge is 2.12.